The molecule has 7 heteroatoms. The molecule has 0 aliphatic heterocycles. The van der Waals surface area contributed by atoms with Crippen molar-refractivity contribution in [2.24, 2.45) is 0 Å². The van der Waals surface area contributed by atoms with Crippen LogP contribution in [-0.4, -0.2) is 23.0 Å². The Hall–Kier alpha value is -1.86. The first-order valence-electron chi connectivity index (χ1n) is 7.34. The number of hydrogen-bond acceptors (Lipinski definition) is 3. The zero-order valence-electron chi connectivity index (χ0n) is 12.5. The summed E-state index contributed by atoms with van der Waals surface area (Å²) in [6.07, 6.45) is 2.03. The largest absolute Gasteiger partial charge is 0.506 e. The van der Waals surface area contributed by atoms with Crippen LogP contribution in [0.2, 0.25) is 0 Å². The first-order chi connectivity index (χ1) is 11.4. The van der Waals surface area contributed by atoms with E-state index in [1.165, 1.54) is 6.07 Å². The monoisotopic (exact) mass is 452 g/mol. The molecule has 1 aliphatic carbocycles. The topological polar surface area (TPSA) is 78.4 Å². The highest BCUT2D eigenvalue weighted by Crippen LogP contribution is 2.32. The predicted octanol–water partition coefficient (Wildman–Crippen LogP) is 4.06. The molecule has 0 aromatic heterocycles. The minimum absolute atomic E-state index is 0.129. The maximum absolute atomic E-state index is 12.4. The zero-order chi connectivity index (χ0) is 17.3. The first-order valence-corrected chi connectivity index (χ1v) is 8.93. The molecular formula is C17H14Br2N2O3. The molecule has 0 saturated heterocycles. The third-order valence-electron chi connectivity index (χ3n) is 3.57. The highest BCUT2D eigenvalue weighted by atomic mass is 79.9. The van der Waals surface area contributed by atoms with E-state index < -0.39 is 5.91 Å². The molecule has 0 heterocycles. The number of nitrogens with one attached hydrogen (secondary N) is 2. The number of benzene rings is 2. The number of halogens is 2. The van der Waals surface area contributed by atoms with Crippen LogP contribution < -0.4 is 10.6 Å². The van der Waals surface area contributed by atoms with Gasteiger partial charge < -0.3 is 15.7 Å². The van der Waals surface area contributed by atoms with Crippen molar-refractivity contribution in [3.63, 3.8) is 0 Å². The van der Waals surface area contributed by atoms with Gasteiger partial charge in [0.2, 0.25) is 0 Å². The fourth-order valence-electron chi connectivity index (χ4n) is 2.17. The third-order valence-corrected chi connectivity index (χ3v) is 4.63. The quantitative estimate of drug-likeness (QED) is 0.653. The Balaban J connectivity index is 1.78. The lowest BCUT2D eigenvalue weighted by Crippen LogP contribution is -2.25. The Labute approximate surface area is 155 Å². The van der Waals surface area contributed by atoms with E-state index in [0.717, 1.165) is 12.8 Å². The summed E-state index contributed by atoms with van der Waals surface area (Å²) in [4.78, 5) is 24.5. The summed E-state index contributed by atoms with van der Waals surface area (Å²) in [5.74, 6) is -0.755. The molecule has 2 aromatic carbocycles. The van der Waals surface area contributed by atoms with Gasteiger partial charge in [0, 0.05) is 21.8 Å². The van der Waals surface area contributed by atoms with Crippen molar-refractivity contribution in [2.75, 3.05) is 5.32 Å². The number of anilines is 1. The fraction of sp³-hybridized carbons (Fsp3) is 0.176. The van der Waals surface area contributed by atoms with Gasteiger partial charge in [0.1, 0.15) is 5.75 Å². The molecule has 0 spiro atoms. The lowest BCUT2D eigenvalue weighted by atomic mass is 10.1. The summed E-state index contributed by atoms with van der Waals surface area (Å²) in [7, 11) is 0. The van der Waals surface area contributed by atoms with E-state index in [1.54, 1.807) is 30.3 Å². The molecule has 124 valence electrons. The summed E-state index contributed by atoms with van der Waals surface area (Å²) in [5.41, 5.74) is 1.10. The van der Waals surface area contributed by atoms with Gasteiger partial charge >= 0.3 is 0 Å². The molecule has 3 N–H and O–H groups in total. The van der Waals surface area contributed by atoms with Gasteiger partial charge in [-0.3, -0.25) is 9.59 Å². The Bertz CT molecular complexity index is 819. The van der Waals surface area contributed by atoms with Crippen molar-refractivity contribution >= 4 is 49.4 Å². The highest BCUT2D eigenvalue weighted by Gasteiger charge is 2.24. The van der Waals surface area contributed by atoms with Gasteiger partial charge in [-0.1, -0.05) is 22.0 Å². The van der Waals surface area contributed by atoms with Gasteiger partial charge in [-0.2, -0.15) is 0 Å². The Morgan fingerprint density at radius 1 is 1.08 bits per heavy atom. The van der Waals surface area contributed by atoms with Crippen LogP contribution in [0.5, 0.6) is 5.75 Å². The molecule has 2 aromatic rings. The van der Waals surface area contributed by atoms with E-state index in [1.807, 2.05) is 0 Å². The lowest BCUT2D eigenvalue weighted by Gasteiger charge is -2.10. The summed E-state index contributed by atoms with van der Waals surface area (Å²) >= 11 is 6.48. The minimum Gasteiger partial charge on any atom is -0.506 e. The van der Waals surface area contributed by atoms with Crippen LogP contribution in [0.3, 0.4) is 0 Å². The van der Waals surface area contributed by atoms with E-state index >= 15 is 0 Å². The van der Waals surface area contributed by atoms with E-state index in [-0.39, 0.29) is 23.3 Å². The van der Waals surface area contributed by atoms with Crippen molar-refractivity contribution in [1.29, 1.82) is 0 Å². The van der Waals surface area contributed by atoms with Crippen molar-refractivity contribution in [3.05, 3.63) is 56.5 Å². The maximum Gasteiger partial charge on any atom is 0.259 e. The molecule has 0 atom stereocenters. The predicted molar refractivity (Wildman–Crippen MR) is 98.4 cm³/mol. The Morgan fingerprint density at radius 2 is 1.83 bits per heavy atom. The molecule has 0 unspecified atom stereocenters. The molecule has 1 aliphatic rings. The molecule has 1 fully saturated rings. The molecular weight excluding hydrogens is 440 g/mol. The van der Waals surface area contributed by atoms with Crippen LogP contribution in [0.15, 0.2) is 45.3 Å². The second-order valence-corrected chi connectivity index (χ2v) is 7.34. The summed E-state index contributed by atoms with van der Waals surface area (Å²) in [6, 6.07) is 10.1. The number of carbonyl (C=O) groups is 2. The molecule has 2 amide bonds. The van der Waals surface area contributed by atoms with Crippen LogP contribution in [0.1, 0.15) is 33.6 Å². The van der Waals surface area contributed by atoms with Crippen LogP contribution >= 0.6 is 31.9 Å². The summed E-state index contributed by atoms with van der Waals surface area (Å²) in [5, 5.41) is 15.6. The van der Waals surface area contributed by atoms with E-state index in [2.05, 4.69) is 42.5 Å². The van der Waals surface area contributed by atoms with E-state index in [9.17, 15) is 14.7 Å². The zero-order valence-corrected chi connectivity index (χ0v) is 15.6. The molecule has 24 heavy (non-hydrogen) atoms. The summed E-state index contributed by atoms with van der Waals surface area (Å²) in [6.45, 7) is 0. The van der Waals surface area contributed by atoms with Crippen LogP contribution in [0, 0.1) is 0 Å². The van der Waals surface area contributed by atoms with Gasteiger partial charge in [0.25, 0.3) is 11.8 Å². The van der Waals surface area contributed by atoms with Gasteiger partial charge in [-0.25, -0.2) is 0 Å². The van der Waals surface area contributed by atoms with E-state index in [0.29, 0.717) is 20.2 Å². The second-order valence-electron chi connectivity index (χ2n) is 5.57. The number of phenols is 1. The summed E-state index contributed by atoms with van der Waals surface area (Å²) < 4.78 is 1.08. The fourth-order valence-corrected chi connectivity index (χ4v) is 3.40. The van der Waals surface area contributed by atoms with Crippen molar-refractivity contribution in [2.45, 2.75) is 18.9 Å². The number of carbonyl (C=O) groups excluding carboxylic acids is 2. The molecule has 0 radical (unpaired) electrons. The highest BCUT2D eigenvalue weighted by molar-refractivity contribution is 9.11. The number of aromatic hydroxyl groups is 1. The van der Waals surface area contributed by atoms with Crippen LogP contribution in [0.4, 0.5) is 5.69 Å². The van der Waals surface area contributed by atoms with Gasteiger partial charge in [-0.05, 0) is 59.1 Å². The SMILES string of the molecule is O=C(NC1CC1)c1cccc(NC(=O)c2cc(Br)cc(Br)c2O)c1. The normalized spacial score (nSPS) is 13.4. The second kappa shape index (κ2) is 6.94. The Morgan fingerprint density at radius 3 is 2.54 bits per heavy atom. The number of hydrogen-bond donors (Lipinski definition) is 3. The van der Waals surface area contributed by atoms with Gasteiger partial charge in [-0.15, -0.1) is 0 Å². The van der Waals surface area contributed by atoms with Crippen LogP contribution in [0.25, 0.3) is 0 Å². The third kappa shape index (κ3) is 3.96. The van der Waals surface area contributed by atoms with E-state index in [4.69, 9.17) is 0 Å². The van der Waals surface area contributed by atoms with Crippen molar-refractivity contribution < 1.29 is 14.7 Å². The number of rotatable bonds is 4. The van der Waals surface area contributed by atoms with Crippen molar-refractivity contribution in [3.8, 4) is 5.75 Å². The Kier molecular flexibility index (Phi) is 4.91. The van der Waals surface area contributed by atoms with Crippen molar-refractivity contribution in [1.82, 2.24) is 5.32 Å². The molecule has 0 bridgehead atoms. The lowest BCUT2D eigenvalue weighted by molar-refractivity contribution is 0.0949. The average Bonchev–Trinajstić information content (AvgIpc) is 3.35. The molecule has 3 rings (SSSR count). The molecule has 5 nitrogen and oxygen atoms in total. The smallest absolute Gasteiger partial charge is 0.259 e. The first kappa shape index (κ1) is 17.0. The van der Waals surface area contributed by atoms with Crippen LogP contribution in [-0.2, 0) is 0 Å². The maximum atomic E-state index is 12.4. The number of phenolic OH excluding ortho intramolecular Hbond substituents is 1. The molecule has 1 saturated carbocycles. The number of amides is 2. The average molecular weight is 454 g/mol. The minimum atomic E-state index is -0.464. The standard InChI is InChI=1S/C17H14Br2N2O3/c18-10-7-13(15(22)14(19)8-10)17(24)21-12-3-1-2-9(6-12)16(23)20-11-4-5-11/h1-3,6-8,11,22H,4-5H2,(H,20,23)(H,21,24). The van der Waals surface area contributed by atoms with Gasteiger partial charge in [0.05, 0.1) is 10.0 Å². The van der Waals surface area contributed by atoms with Gasteiger partial charge in [0.15, 0.2) is 0 Å².